The number of likely N-dealkylation sites (N-methyl/N-ethyl adjacent to an activating group) is 2. The first kappa shape index (κ1) is 63.4. The molecule has 0 atom stereocenters. The zero-order chi connectivity index (χ0) is 59.6. The Morgan fingerprint density at radius 2 is 1.16 bits per heavy atom. The molecule has 0 aliphatic carbocycles. The van der Waals surface area contributed by atoms with Gasteiger partial charge in [-0.1, -0.05) is 27.7 Å². The molecular weight excluding hydrogens is 1100 g/mol. The van der Waals surface area contributed by atoms with Gasteiger partial charge in [0, 0.05) is 62.9 Å². The van der Waals surface area contributed by atoms with E-state index in [0.717, 1.165) is 44.7 Å². The van der Waals surface area contributed by atoms with Crippen LogP contribution in [0.25, 0.3) is 11.0 Å². The highest BCUT2D eigenvalue weighted by Crippen LogP contribution is 2.37. The van der Waals surface area contributed by atoms with Crippen LogP contribution in [-0.2, 0) is 29.0 Å². The molecule has 81 heavy (non-hydrogen) atoms. The predicted octanol–water partition coefficient (Wildman–Crippen LogP) is 13.4. The van der Waals surface area contributed by atoms with E-state index >= 15 is 0 Å². The van der Waals surface area contributed by atoms with Crippen molar-refractivity contribution in [2.75, 3.05) is 73.3 Å². The molecule has 0 aliphatic heterocycles. The molecule has 0 fully saturated rings. The fourth-order valence-corrected chi connectivity index (χ4v) is 7.62. The minimum atomic E-state index is -4.99. The number of aromatic nitrogens is 4. The smallest absolute Gasteiger partial charge is 0.419 e. The van der Waals surface area contributed by atoms with E-state index in [2.05, 4.69) is 65.3 Å². The van der Waals surface area contributed by atoms with E-state index in [9.17, 15) is 53.5 Å². The number of carbonyl (C=O) groups excluding carboxylic acids is 2. The van der Waals surface area contributed by atoms with Crippen LogP contribution in [0, 0.1) is 23.3 Å². The first-order valence-corrected chi connectivity index (χ1v) is 25.1. The lowest BCUT2D eigenvalue weighted by atomic mass is 10.1. The number of hydrogen-bond donors (Lipinski definition) is 5. The number of pyridine rings is 2. The van der Waals surface area contributed by atoms with Crippen LogP contribution in [0.5, 0.6) is 23.0 Å². The molecule has 0 bridgehead atoms. The first-order chi connectivity index (χ1) is 38.4. The number of carbonyl (C=O) groups is 2. The van der Waals surface area contributed by atoms with Crippen molar-refractivity contribution in [1.82, 2.24) is 29.3 Å². The number of nitrogen functional groups attached to an aromatic ring is 1. The number of anilines is 6. The van der Waals surface area contributed by atoms with Gasteiger partial charge in [0.25, 0.3) is 0 Å². The molecule has 0 spiro atoms. The number of fused-ring (bicyclic) bond motifs is 1. The molecule has 0 saturated carbocycles. The maximum absolute atomic E-state index is 14.3. The highest BCUT2D eigenvalue weighted by Gasteiger charge is 2.36. The molecule has 3 heterocycles. The number of thiocarbonyl (C=S) groups is 1. The van der Waals surface area contributed by atoms with Gasteiger partial charge in [0.05, 0.1) is 57.5 Å². The van der Waals surface area contributed by atoms with Gasteiger partial charge >= 0.3 is 12.4 Å². The number of ether oxygens (including phenoxy) is 2. The van der Waals surface area contributed by atoms with Gasteiger partial charge < -0.3 is 41.0 Å². The maximum atomic E-state index is 14.3. The van der Waals surface area contributed by atoms with Gasteiger partial charge in [0.2, 0.25) is 17.8 Å². The normalized spacial score (nSPS) is 11.2. The Labute approximate surface area is 464 Å². The van der Waals surface area contributed by atoms with Crippen molar-refractivity contribution < 1.29 is 63.0 Å². The lowest BCUT2D eigenvalue weighted by Gasteiger charge is -2.18. The SMILES string of the molecule is CCCN(CC)CC(=O)Nc1cc(Oc2ccc(NC)c(N)c2)ccn1.CCCN(CC)CC(=O)Nc1cc(Oc2ccc3c(c2)nc(Nc2cc(C(F)(F)F)c(F)cc2F)n3C)ccn1.Fc1cc(F)c(C(F)(F)F)cc1N=C=S. The largest absolute Gasteiger partial charge is 0.457 e. The third-order valence-corrected chi connectivity index (χ3v) is 11.5. The number of alkyl halides is 6. The van der Waals surface area contributed by atoms with E-state index in [-0.39, 0.29) is 42.5 Å². The average Bonchev–Trinajstić information content (AvgIpc) is 4.01. The fraction of sp³-hybridized carbons (Fsp3) is 0.296. The second kappa shape index (κ2) is 29.2. The van der Waals surface area contributed by atoms with Crippen molar-refractivity contribution in [2.24, 2.45) is 12.0 Å². The molecule has 16 nitrogen and oxygen atoms in total. The molecule has 0 radical (unpaired) electrons. The third-order valence-electron chi connectivity index (χ3n) is 11.4. The number of rotatable bonds is 20. The zero-order valence-electron chi connectivity index (χ0n) is 44.4. The molecule has 432 valence electrons. The lowest BCUT2D eigenvalue weighted by molar-refractivity contribution is -0.140. The third kappa shape index (κ3) is 18.6. The summed E-state index contributed by atoms with van der Waals surface area (Å²) in [6.07, 6.45) is -4.86. The first-order valence-electron chi connectivity index (χ1n) is 24.7. The summed E-state index contributed by atoms with van der Waals surface area (Å²) in [7, 11) is 3.40. The van der Waals surface area contributed by atoms with Crippen molar-refractivity contribution >= 4 is 80.6 Å². The number of benzene rings is 4. The summed E-state index contributed by atoms with van der Waals surface area (Å²) in [5, 5.41) is 12.8. The number of aryl methyl sites for hydroxylation is 1. The van der Waals surface area contributed by atoms with Crippen LogP contribution in [0.4, 0.5) is 84.2 Å². The van der Waals surface area contributed by atoms with Crippen molar-refractivity contribution in [1.29, 1.82) is 0 Å². The topological polar surface area (TPSA) is 189 Å². The van der Waals surface area contributed by atoms with Crippen molar-refractivity contribution in [3.8, 4) is 23.0 Å². The van der Waals surface area contributed by atoms with Crippen LogP contribution < -0.4 is 36.5 Å². The Morgan fingerprint density at radius 3 is 1.64 bits per heavy atom. The average molecular weight is 1160 g/mol. The van der Waals surface area contributed by atoms with E-state index in [4.69, 9.17) is 15.2 Å². The van der Waals surface area contributed by atoms with Gasteiger partial charge in [-0.3, -0.25) is 19.4 Å². The van der Waals surface area contributed by atoms with Crippen LogP contribution in [-0.4, -0.2) is 92.6 Å². The molecule has 0 saturated heterocycles. The molecule has 6 N–H and O–H groups in total. The molecular formula is C54H56F10N12O4S. The fourth-order valence-electron chi connectivity index (χ4n) is 7.52. The van der Waals surface area contributed by atoms with E-state index in [0.29, 0.717) is 64.0 Å². The molecule has 27 heteroatoms. The molecule has 0 aliphatic rings. The van der Waals surface area contributed by atoms with E-state index in [1.165, 1.54) is 10.8 Å². The second-order valence-electron chi connectivity index (χ2n) is 17.4. The summed E-state index contributed by atoms with van der Waals surface area (Å²) in [4.78, 5) is 44.4. The minimum Gasteiger partial charge on any atom is -0.457 e. The Balaban J connectivity index is 0.000000250. The molecule has 2 amide bonds. The molecule has 3 aromatic heterocycles. The van der Waals surface area contributed by atoms with Gasteiger partial charge in [-0.2, -0.15) is 31.3 Å². The van der Waals surface area contributed by atoms with Gasteiger partial charge in [-0.05, 0) is 99.8 Å². The van der Waals surface area contributed by atoms with Crippen molar-refractivity contribution in [3.63, 3.8) is 0 Å². The van der Waals surface area contributed by atoms with E-state index < -0.39 is 58.1 Å². The molecule has 7 rings (SSSR count). The Bertz CT molecular complexity index is 3340. The monoisotopic (exact) mass is 1160 g/mol. The van der Waals surface area contributed by atoms with Crippen molar-refractivity contribution in [3.05, 3.63) is 132 Å². The Hall–Kier alpha value is -8.39. The van der Waals surface area contributed by atoms with Crippen LogP contribution >= 0.6 is 12.2 Å². The quantitative estimate of drug-likeness (QED) is 0.0210. The van der Waals surface area contributed by atoms with Gasteiger partial charge in [-0.15, -0.1) is 0 Å². The summed E-state index contributed by atoms with van der Waals surface area (Å²) < 4.78 is 142. The summed E-state index contributed by atoms with van der Waals surface area (Å²) in [6, 6.07) is 17.8. The van der Waals surface area contributed by atoms with E-state index in [1.54, 1.807) is 66.9 Å². The van der Waals surface area contributed by atoms with Crippen molar-refractivity contribution in [2.45, 2.75) is 52.9 Å². The number of isothiocyanates is 1. The van der Waals surface area contributed by atoms with Gasteiger partial charge in [0.1, 0.15) is 57.8 Å². The number of amides is 2. The Kier molecular flexibility index (Phi) is 22.9. The lowest BCUT2D eigenvalue weighted by Crippen LogP contribution is -2.33. The number of hydrogen-bond acceptors (Lipinski definition) is 14. The molecule has 4 aromatic carbocycles. The second-order valence-corrected chi connectivity index (χ2v) is 17.5. The standard InChI is InChI=1S/C27H27F5N6O2.C19H27N5O2.C8H2F5NS/c1-4-10-38(5-2)15-25(39)36-24-12-17(8-9-33-24)40-16-6-7-23-22(11-16)35-26(37(23)3)34-21-13-18(27(30,31)32)19(28)14-20(21)29;1-4-10-24(5-2)13-19(25)23-18-12-15(8-9-22-18)26-14-6-7-17(21-3)16(20)11-14;9-5-2-6(10)7(14-3-15)1-4(5)8(11,12)13/h6-9,11-14H,4-5,10,15H2,1-3H3,(H,34,35)(H,33,36,39);6-9,11-12,21H,4-5,10,13,20H2,1-3H3,(H,22,23,25);1-2H. The number of aliphatic imine (C=N–C) groups is 1. The highest BCUT2D eigenvalue weighted by atomic mass is 32.1. The minimum absolute atomic E-state index is 0.0314. The summed E-state index contributed by atoms with van der Waals surface area (Å²) >= 11 is 4.10. The van der Waals surface area contributed by atoms with Crippen LogP contribution in [0.15, 0.2) is 102 Å². The maximum Gasteiger partial charge on any atom is 0.419 e. The molecule has 7 aromatic rings. The number of nitrogens with zero attached hydrogens (tertiary/aromatic N) is 7. The van der Waals surface area contributed by atoms with Gasteiger partial charge in [-0.25, -0.2) is 32.5 Å². The zero-order valence-corrected chi connectivity index (χ0v) is 45.2. The number of halogens is 10. The van der Waals surface area contributed by atoms with Crippen LogP contribution in [0.1, 0.15) is 51.7 Å². The summed E-state index contributed by atoms with van der Waals surface area (Å²) in [6.45, 7) is 12.0. The van der Waals surface area contributed by atoms with Crippen LogP contribution in [0.3, 0.4) is 0 Å². The van der Waals surface area contributed by atoms with Gasteiger partial charge in [0.15, 0.2) is 5.82 Å². The number of nitrogens with two attached hydrogens (primary N) is 1. The Morgan fingerprint density at radius 1 is 0.667 bits per heavy atom. The number of imidazole rings is 1. The summed E-state index contributed by atoms with van der Waals surface area (Å²) in [5.74, 6) is -3.33. The predicted molar refractivity (Wildman–Crippen MR) is 292 cm³/mol. The highest BCUT2D eigenvalue weighted by molar-refractivity contribution is 7.78. The number of nitrogens with one attached hydrogen (secondary N) is 4. The van der Waals surface area contributed by atoms with E-state index in [1.807, 2.05) is 44.9 Å². The summed E-state index contributed by atoms with van der Waals surface area (Å²) in [5.41, 5.74) is 3.91. The molecule has 0 unspecified atom stereocenters. The van der Waals surface area contributed by atoms with Crippen LogP contribution in [0.2, 0.25) is 0 Å².